The van der Waals surface area contributed by atoms with Crippen molar-refractivity contribution in [2.45, 2.75) is 30.7 Å². The van der Waals surface area contributed by atoms with Gasteiger partial charge in [0.1, 0.15) is 5.82 Å². The monoisotopic (exact) mass is 533 g/mol. The lowest BCUT2D eigenvalue weighted by atomic mass is 9.86. The smallest absolute Gasteiger partial charge is 0.175 e. The average Bonchev–Trinajstić information content (AvgIpc) is 3.41. The first-order valence-corrected chi connectivity index (χ1v) is 14.4. The van der Waals surface area contributed by atoms with E-state index in [-0.39, 0.29) is 22.7 Å². The van der Waals surface area contributed by atoms with Gasteiger partial charge in [0.25, 0.3) is 0 Å². The van der Waals surface area contributed by atoms with Crippen LogP contribution >= 0.6 is 0 Å². The predicted octanol–water partition coefficient (Wildman–Crippen LogP) is 4.85. The standard InChI is InChI=1S/C28H28FN5O3S/c1-17-27(33(2)32-31-17)20-14-25-26(30-16-20)23-9-8-22(38(3,35)36)15-24(23)34(25)28(19-10-12-37-13-11-19)18-4-6-21(29)7-5-18/h4-9,14-16,19,28H,10-13H2,1-3H3/t28-/m1/s1. The fourth-order valence-corrected chi connectivity index (χ4v) is 6.37. The number of aromatic nitrogens is 5. The molecule has 2 aromatic carbocycles. The molecule has 5 aromatic rings. The Morgan fingerprint density at radius 1 is 1.05 bits per heavy atom. The van der Waals surface area contributed by atoms with E-state index < -0.39 is 9.84 Å². The topological polar surface area (TPSA) is 91.9 Å². The van der Waals surface area contributed by atoms with Crippen LogP contribution in [0.5, 0.6) is 0 Å². The average molecular weight is 534 g/mol. The second-order valence-corrected chi connectivity index (χ2v) is 12.0. The van der Waals surface area contributed by atoms with Crippen LogP contribution in [0, 0.1) is 18.7 Å². The van der Waals surface area contributed by atoms with Gasteiger partial charge in [-0.3, -0.25) is 4.98 Å². The second kappa shape index (κ2) is 9.28. The van der Waals surface area contributed by atoms with Crippen molar-refractivity contribution in [2.75, 3.05) is 19.5 Å². The van der Waals surface area contributed by atoms with Crippen molar-refractivity contribution in [3.05, 3.63) is 71.8 Å². The van der Waals surface area contributed by atoms with Crippen LogP contribution in [0.3, 0.4) is 0 Å². The highest BCUT2D eigenvalue weighted by molar-refractivity contribution is 7.90. The van der Waals surface area contributed by atoms with Crippen LogP contribution in [0.15, 0.2) is 59.6 Å². The van der Waals surface area contributed by atoms with Crippen molar-refractivity contribution < 1.29 is 17.5 Å². The Morgan fingerprint density at radius 2 is 1.79 bits per heavy atom. The van der Waals surface area contributed by atoms with Gasteiger partial charge in [0.15, 0.2) is 9.84 Å². The van der Waals surface area contributed by atoms with Crippen molar-refractivity contribution in [3.8, 4) is 11.3 Å². The number of ether oxygens (including phenoxy) is 1. The summed E-state index contributed by atoms with van der Waals surface area (Å²) in [5.41, 5.74) is 5.87. The minimum atomic E-state index is -3.45. The largest absolute Gasteiger partial charge is 0.381 e. The van der Waals surface area contributed by atoms with Crippen LogP contribution in [0.25, 0.3) is 33.2 Å². The minimum Gasteiger partial charge on any atom is -0.381 e. The Bertz CT molecular complexity index is 1750. The first-order chi connectivity index (χ1) is 18.2. The van der Waals surface area contributed by atoms with Gasteiger partial charge in [-0.15, -0.1) is 5.10 Å². The molecule has 0 bridgehead atoms. The third-order valence-corrected chi connectivity index (χ3v) is 8.62. The van der Waals surface area contributed by atoms with E-state index in [9.17, 15) is 12.8 Å². The van der Waals surface area contributed by atoms with E-state index in [2.05, 4.69) is 20.9 Å². The van der Waals surface area contributed by atoms with Crippen LogP contribution in [0.1, 0.15) is 30.1 Å². The Hall–Kier alpha value is -3.63. The van der Waals surface area contributed by atoms with Crippen LogP contribution < -0.4 is 0 Å². The van der Waals surface area contributed by atoms with Gasteiger partial charge in [0.05, 0.1) is 38.9 Å². The quantitative estimate of drug-likeness (QED) is 0.321. The summed E-state index contributed by atoms with van der Waals surface area (Å²) in [7, 11) is -1.60. The molecular formula is C28H28FN5O3S. The second-order valence-electron chi connectivity index (χ2n) is 10.0. The van der Waals surface area contributed by atoms with Gasteiger partial charge in [-0.25, -0.2) is 17.5 Å². The highest BCUT2D eigenvalue weighted by atomic mass is 32.2. The first kappa shape index (κ1) is 24.7. The molecule has 3 aromatic heterocycles. The molecule has 1 fully saturated rings. The molecule has 0 aliphatic carbocycles. The lowest BCUT2D eigenvalue weighted by Crippen LogP contribution is -2.27. The van der Waals surface area contributed by atoms with Crippen molar-refractivity contribution >= 4 is 31.8 Å². The number of sulfone groups is 1. The molecule has 4 heterocycles. The summed E-state index contributed by atoms with van der Waals surface area (Å²) >= 11 is 0. The van der Waals surface area contributed by atoms with Gasteiger partial charge in [-0.1, -0.05) is 17.3 Å². The summed E-state index contributed by atoms with van der Waals surface area (Å²) in [6, 6.07) is 13.7. The van der Waals surface area contributed by atoms with Gasteiger partial charge in [-0.2, -0.15) is 0 Å². The number of hydrogen-bond donors (Lipinski definition) is 0. The number of nitrogens with zero attached hydrogens (tertiary/aromatic N) is 5. The Balaban J connectivity index is 1.70. The molecule has 0 N–H and O–H groups in total. The molecule has 1 aliphatic heterocycles. The molecule has 0 spiro atoms. The van der Waals surface area contributed by atoms with E-state index in [0.29, 0.717) is 13.2 Å². The highest BCUT2D eigenvalue weighted by Gasteiger charge is 2.31. The van der Waals surface area contributed by atoms with Crippen LogP contribution in [-0.2, 0) is 21.6 Å². The molecule has 196 valence electrons. The summed E-state index contributed by atoms with van der Waals surface area (Å²) in [5, 5.41) is 9.22. The number of fused-ring (bicyclic) bond motifs is 3. The molecule has 6 rings (SSSR count). The third kappa shape index (κ3) is 4.17. The molecule has 0 saturated carbocycles. The van der Waals surface area contributed by atoms with Gasteiger partial charge < -0.3 is 9.30 Å². The Labute approximate surface area is 220 Å². The van der Waals surface area contributed by atoms with Crippen LogP contribution in [0.2, 0.25) is 0 Å². The molecular weight excluding hydrogens is 505 g/mol. The lowest BCUT2D eigenvalue weighted by molar-refractivity contribution is 0.0552. The number of halogens is 1. The molecule has 1 atom stereocenters. The molecule has 0 unspecified atom stereocenters. The fourth-order valence-electron chi connectivity index (χ4n) is 5.72. The van der Waals surface area contributed by atoms with E-state index in [4.69, 9.17) is 9.72 Å². The molecule has 38 heavy (non-hydrogen) atoms. The molecule has 0 radical (unpaired) electrons. The summed E-state index contributed by atoms with van der Waals surface area (Å²) in [6.45, 7) is 3.18. The number of benzene rings is 2. The van der Waals surface area contributed by atoms with E-state index in [1.54, 1.807) is 16.8 Å². The van der Waals surface area contributed by atoms with Crippen LogP contribution in [-0.4, -0.2) is 52.4 Å². The lowest BCUT2D eigenvalue weighted by Gasteiger charge is -2.33. The Morgan fingerprint density at radius 3 is 2.45 bits per heavy atom. The van der Waals surface area contributed by atoms with Gasteiger partial charge in [0.2, 0.25) is 0 Å². The van der Waals surface area contributed by atoms with E-state index >= 15 is 0 Å². The number of hydrogen-bond acceptors (Lipinski definition) is 6. The van der Waals surface area contributed by atoms with Gasteiger partial charge in [-0.05, 0) is 67.6 Å². The van der Waals surface area contributed by atoms with Crippen molar-refractivity contribution in [1.82, 2.24) is 24.5 Å². The molecule has 10 heteroatoms. The van der Waals surface area contributed by atoms with Crippen molar-refractivity contribution in [1.29, 1.82) is 0 Å². The Kier molecular flexibility index (Phi) is 6.03. The maximum absolute atomic E-state index is 14.0. The first-order valence-electron chi connectivity index (χ1n) is 12.6. The molecule has 8 nitrogen and oxygen atoms in total. The number of aryl methyl sites for hydroxylation is 2. The molecule has 1 aliphatic rings. The summed E-state index contributed by atoms with van der Waals surface area (Å²) in [4.78, 5) is 5.11. The van der Waals surface area contributed by atoms with Crippen molar-refractivity contribution in [3.63, 3.8) is 0 Å². The normalized spacial score (nSPS) is 15.9. The fraction of sp³-hybridized carbons (Fsp3) is 0.321. The highest BCUT2D eigenvalue weighted by Crippen LogP contribution is 2.41. The van der Waals surface area contributed by atoms with Gasteiger partial charge >= 0.3 is 0 Å². The summed E-state index contributed by atoms with van der Waals surface area (Å²) in [6.07, 6.45) is 4.68. The predicted molar refractivity (Wildman–Crippen MR) is 143 cm³/mol. The molecule has 1 saturated heterocycles. The zero-order valence-electron chi connectivity index (χ0n) is 21.4. The maximum atomic E-state index is 14.0. The van der Waals surface area contributed by atoms with E-state index in [1.807, 2.05) is 38.4 Å². The van der Waals surface area contributed by atoms with Crippen LogP contribution in [0.4, 0.5) is 4.39 Å². The number of rotatable bonds is 5. The summed E-state index contributed by atoms with van der Waals surface area (Å²) in [5.74, 6) is -0.108. The SMILES string of the molecule is Cc1nnn(C)c1-c1cnc2c3ccc(S(C)(=O)=O)cc3n([C@H](c3ccc(F)cc3)C3CCOCC3)c2c1. The van der Waals surface area contributed by atoms with E-state index in [0.717, 1.165) is 57.3 Å². The van der Waals surface area contributed by atoms with Gasteiger partial charge in [0, 0.05) is 43.7 Å². The zero-order valence-corrected chi connectivity index (χ0v) is 22.2. The maximum Gasteiger partial charge on any atom is 0.175 e. The molecule has 0 amide bonds. The van der Waals surface area contributed by atoms with Crippen molar-refractivity contribution in [2.24, 2.45) is 13.0 Å². The summed E-state index contributed by atoms with van der Waals surface area (Å²) < 4.78 is 48.7. The number of pyridine rings is 1. The third-order valence-electron chi connectivity index (χ3n) is 7.51. The zero-order chi connectivity index (χ0) is 26.6. The van der Waals surface area contributed by atoms with E-state index in [1.165, 1.54) is 18.4 Å². The minimum absolute atomic E-state index is 0.183.